The van der Waals surface area contributed by atoms with Crippen LogP contribution in [-0.2, 0) is 6.42 Å². The molecular formula is C11H15N. The first kappa shape index (κ1) is 8.85. The van der Waals surface area contributed by atoms with Crippen LogP contribution in [-0.4, -0.2) is 0 Å². The van der Waals surface area contributed by atoms with Gasteiger partial charge in [0.2, 0.25) is 0 Å². The van der Waals surface area contributed by atoms with Crippen molar-refractivity contribution >= 4 is 5.69 Å². The minimum atomic E-state index is 0.886. The highest BCUT2D eigenvalue weighted by Crippen LogP contribution is 2.13. The summed E-state index contributed by atoms with van der Waals surface area (Å²) in [5.41, 5.74) is 9.09. The number of hydrogen-bond donors (Lipinski definition) is 1. The maximum Gasteiger partial charge on any atom is 0.0346 e. The fraction of sp³-hybridized carbons (Fsp3) is 0.273. The molecule has 0 amide bonds. The predicted molar refractivity (Wildman–Crippen MR) is 54.1 cm³/mol. The van der Waals surface area contributed by atoms with Gasteiger partial charge in [-0.25, -0.2) is 0 Å². The van der Waals surface area contributed by atoms with E-state index >= 15 is 0 Å². The van der Waals surface area contributed by atoms with Crippen molar-refractivity contribution in [3.05, 3.63) is 42.0 Å². The third kappa shape index (κ3) is 2.12. The quantitative estimate of drug-likeness (QED) is 0.535. The zero-order valence-electron chi connectivity index (χ0n) is 7.51. The largest absolute Gasteiger partial charge is 0.399 e. The van der Waals surface area contributed by atoms with Gasteiger partial charge in [0.25, 0.3) is 0 Å². The Morgan fingerprint density at radius 3 is 2.83 bits per heavy atom. The first-order valence-corrected chi connectivity index (χ1v) is 4.20. The second kappa shape index (κ2) is 3.96. The summed E-state index contributed by atoms with van der Waals surface area (Å²) in [7, 11) is 0. The fourth-order valence-corrected chi connectivity index (χ4v) is 1.11. The maximum absolute atomic E-state index is 5.77. The van der Waals surface area contributed by atoms with E-state index in [4.69, 9.17) is 5.73 Å². The molecule has 64 valence electrons. The van der Waals surface area contributed by atoms with E-state index in [2.05, 4.69) is 18.7 Å². The highest BCUT2D eigenvalue weighted by Gasteiger charge is 1.95. The number of nitrogens with two attached hydrogens (primary N) is 1. The highest BCUT2D eigenvalue weighted by molar-refractivity contribution is 5.48. The number of allylic oxidation sites excluding steroid dienone is 1. The van der Waals surface area contributed by atoms with Gasteiger partial charge in [-0.2, -0.15) is 0 Å². The number of anilines is 1. The van der Waals surface area contributed by atoms with Crippen molar-refractivity contribution in [1.82, 2.24) is 0 Å². The van der Waals surface area contributed by atoms with Gasteiger partial charge in [-0.3, -0.25) is 0 Å². The molecule has 1 nitrogen and oxygen atoms in total. The SMILES string of the molecule is C=CCCc1ccc(C)c(N)c1. The highest BCUT2D eigenvalue weighted by atomic mass is 14.5. The second-order valence-electron chi connectivity index (χ2n) is 3.02. The molecule has 0 saturated heterocycles. The molecule has 0 fully saturated rings. The number of hydrogen-bond acceptors (Lipinski definition) is 1. The van der Waals surface area contributed by atoms with Crippen LogP contribution in [0.5, 0.6) is 0 Å². The van der Waals surface area contributed by atoms with Crippen LogP contribution in [0.3, 0.4) is 0 Å². The number of aryl methyl sites for hydroxylation is 2. The first-order chi connectivity index (χ1) is 5.74. The Labute approximate surface area is 73.9 Å². The standard InChI is InChI=1S/C11H15N/c1-3-4-5-10-7-6-9(2)11(12)8-10/h3,6-8H,1,4-5,12H2,2H3. The van der Waals surface area contributed by atoms with E-state index in [1.54, 1.807) is 0 Å². The molecule has 0 aliphatic heterocycles. The van der Waals surface area contributed by atoms with E-state index in [1.807, 2.05) is 19.1 Å². The van der Waals surface area contributed by atoms with Crippen LogP contribution in [0, 0.1) is 6.92 Å². The van der Waals surface area contributed by atoms with E-state index in [1.165, 1.54) is 5.56 Å². The molecule has 0 spiro atoms. The number of rotatable bonds is 3. The molecule has 0 saturated carbocycles. The summed E-state index contributed by atoms with van der Waals surface area (Å²) in [4.78, 5) is 0. The van der Waals surface area contributed by atoms with Crippen molar-refractivity contribution in [2.45, 2.75) is 19.8 Å². The lowest BCUT2D eigenvalue weighted by molar-refractivity contribution is 1.00. The molecule has 1 heteroatoms. The van der Waals surface area contributed by atoms with Crippen molar-refractivity contribution in [3.63, 3.8) is 0 Å². The van der Waals surface area contributed by atoms with Crippen LogP contribution in [0.2, 0.25) is 0 Å². The predicted octanol–water partition coefficient (Wildman–Crippen LogP) is 2.70. The zero-order chi connectivity index (χ0) is 8.97. The Morgan fingerprint density at radius 1 is 1.50 bits per heavy atom. The molecule has 1 rings (SSSR count). The summed E-state index contributed by atoms with van der Waals surface area (Å²) in [6, 6.07) is 6.22. The molecule has 1 aromatic rings. The fourth-order valence-electron chi connectivity index (χ4n) is 1.11. The molecule has 12 heavy (non-hydrogen) atoms. The van der Waals surface area contributed by atoms with E-state index < -0.39 is 0 Å². The van der Waals surface area contributed by atoms with Crippen molar-refractivity contribution in [2.75, 3.05) is 5.73 Å². The Balaban J connectivity index is 2.75. The second-order valence-corrected chi connectivity index (χ2v) is 3.02. The van der Waals surface area contributed by atoms with Gasteiger partial charge in [0, 0.05) is 5.69 Å². The van der Waals surface area contributed by atoms with E-state index in [9.17, 15) is 0 Å². The van der Waals surface area contributed by atoms with Gasteiger partial charge in [0.05, 0.1) is 0 Å². The summed E-state index contributed by atoms with van der Waals surface area (Å²) in [5.74, 6) is 0. The Bertz CT molecular complexity index is 276. The molecule has 0 bridgehead atoms. The minimum absolute atomic E-state index is 0.886. The smallest absolute Gasteiger partial charge is 0.0346 e. The molecule has 0 aliphatic rings. The Morgan fingerprint density at radius 2 is 2.25 bits per heavy atom. The van der Waals surface area contributed by atoms with Crippen LogP contribution in [0.25, 0.3) is 0 Å². The topological polar surface area (TPSA) is 26.0 Å². The maximum atomic E-state index is 5.77. The summed E-state index contributed by atoms with van der Waals surface area (Å²) in [6.45, 7) is 5.70. The molecule has 0 atom stereocenters. The van der Waals surface area contributed by atoms with E-state index in [-0.39, 0.29) is 0 Å². The lowest BCUT2D eigenvalue weighted by Gasteiger charge is -2.02. The normalized spacial score (nSPS) is 9.75. The monoisotopic (exact) mass is 161 g/mol. The third-order valence-corrected chi connectivity index (χ3v) is 1.98. The van der Waals surface area contributed by atoms with Gasteiger partial charge in [0.15, 0.2) is 0 Å². The minimum Gasteiger partial charge on any atom is -0.399 e. The summed E-state index contributed by atoms with van der Waals surface area (Å²) in [6.07, 6.45) is 3.98. The molecule has 1 aromatic carbocycles. The molecule has 0 unspecified atom stereocenters. The molecule has 0 aliphatic carbocycles. The van der Waals surface area contributed by atoms with E-state index in [0.29, 0.717) is 0 Å². The van der Waals surface area contributed by atoms with Gasteiger partial charge >= 0.3 is 0 Å². The van der Waals surface area contributed by atoms with Gasteiger partial charge in [-0.15, -0.1) is 6.58 Å². The average Bonchev–Trinajstić information content (AvgIpc) is 2.07. The van der Waals surface area contributed by atoms with Gasteiger partial charge in [0.1, 0.15) is 0 Å². The van der Waals surface area contributed by atoms with Crippen molar-refractivity contribution in [1.29, 1.82) is 0 Å². The van der Waals surface area contributed by atoms with Crippen LogP contribution >= 0.6 is 0 Å². The molecule has 0 radical (unpaired) electrons. The Hall–Kier alpha value is -1.24. The molecule has 2 N–H and O–H groups in total. The van der Waals surface area contributed by atoms with Crippen molar-refractivity contribution < 1.29 is 0 Å². The third-order valence-electron chi connectivity index (χ3n) is 1.98. The average molecular weight is 161 g/mol. The van der Waals surface area contributed by atoms with Crippen LogP contribution in [0.4, 0.5) is 5.69 Å². The Kier molecular flexibility index (Phi) is 2.92. The number of benzene rings is 1. The lowest BCUT2D eigenvalue weighted by atomic mass is 10.1. The molecule has 0 aromatic heterocycles. The zero-order valence-corrected chi connectivity index (χ0v) is 7.51. The van der Waals surface area contributed by atoms with Crippen molar-refractivity contribution in [2.24, 2.45) is 0 Å². The van der Waals surface area contributed by atoms with Gasteiger partial charge in [-0.1, -0.05) is 18.2 Å². The van der Waals surface area contributed by atoms with Crippen LogP contribution in [0.15, 0.2) is 30.9 Å². The van der Waals surface area contributed by atoms with Gasteiger partial charge in [-0.05, 0) is 37.0 Å². The summed E-state index contributed by atoms with van der Waals surface area (Å²) < 4.78 is 0. The number of nitrogen functional groups attached to an aromatic ring is 1. The summed E-state index contributed by atoms with van der Waals surface area (Å²) in [5, 5.41) is 0. The van der Waals surface area contributed by atoms with Crippen LogP contribution < -0.4 is 5.73 Å². The lowest BCUT2D eigenvalue weighted by Crippen LogP contribution is -1.91. The van der Waals surface area contributed by atoms with Crippen molar-refractivity contribution in [3.8, 4) is 0 Å². The van der Waals surface area contributed by atoms with Gasteiger partial charge < -0.3 is 5.73 Å². The molecular weight excluding hydrogens is 146 g/mol. The van der Waals surface area contributed by atoms with Crippen LogP contribution in [0.1, 0.15) is 17.5 Å². The first-order valence-electron chi connectivity index (χ1n) is 4.20. The van der Waals surface area contributed by atoms with E-state index in [0.717, 1.165) is 24.1 Å². The summed E-state index contributed by atoms with van der Waals surface area (Å²) >= 11 is 0. The molecule has 0 heterocycles.